The van der Waals surface area contributed by atoms with Crippen molar-refractivity contribution >= 4 is 28.4 Å². The summed E-state index contributed by atoms with van der Waals surface area (Å²) < 4.78 is 15.8. The number of nitrogens with one attached hydrogen (secondary N) is 2. The summed E-state index contributed by atoms with van der Waals surface area (Å²) in [6, 6.07) is 4.94. The third kappa shape index (κ3) is 6.88. The molecule has 35 heavy (non-hydrogen) atoms. The molecule has 0 unspecified atom stereocenters. The lowest BCUT2D eigenvalue weighted by Gasteiger charge is -2.09. The zero-order valence-corrected chi connectivity index (χ0v) is 20.6. The Morgan fingerprint density at radius 3 is 2.80 bits per heavy atom. The van der Waals surface area contributed by atoms with E-state index in [1.807, 2.05) is 0 Å². The Kier molecular flexibility index (Phi) is 8.57. The zero-order chi connectivity index (χ0) is 25.5. The zero-order valence-electron chi connectivity index (χ0n) is 20.6. The monoisotopic (exact) mass is 481 g/mol. The number of halogens is 1. The molecule has 8 nitrogen and oxygen atoms in total. The van der Waals surface area contributed by atoms with E-state index in [2.05, 4.69) is 29.1 Å². The predicted molar refractivity (Wildman–Crippen MR) is 135 cm³/mol. The van der Waals surface area contributed by atoms with Gasteiger partial charge < -0.3 is 19.8 Å². The number of carbonyl (C=O) groups excluding carboxylic acids is 2. The number of hydrogen-bond donors (Lipinski definition) is 2. The fraction of sp³-hybridized carbons (Fsp3) is 0.385. The number of aromatic amines is 1. The van der Waals surface area contributed by atoms with Gasteiger partial charge in [-0.1, -0.05) is 19.9 Å². The molecule has 186 valence electrons. The van der Waals surface area contributed by atoms with Gasteiger partial charge in [0.2, 0.25) is 11.8 Å². The summed E-state index contributed by atoms with van der Waals surface area (Å²) in [6.07, 6.45) is 8.13. The maximum atomic E-state index is 14.3. The van der Waals surface area contributed by atoms with Crippen LogP contribution in [0.5, 0.6) is 0 Å². The van der Waals surface area contributed by atoms with Crippen LogP contribution in [0.1, 0.15) is 44.5 Å². The Hall–Kier alpha value is -3.75. The van der Waals surface area contributed by atoms with Gasteiger partial charge in [0.25, 0.3) is 5.56 Å². The minimum Gasteiger partial charge on any atom is -0.355 e. The van der Waals surface area contributed by atoms with Gasteiger partial charge in [0.1, 0.15) is 5.69 Å². The lowest BCUT2D eigenvalue weighted by atomic mass is 10.1. The van der Waals surface area contributed by atoms with Crippen LogP contribution in [-0.4, -0.2) is 45.3 Å². The first-order chi connectivity index (χ1) is 16.7. The Labute approximate surface area is 203 Å². The van der Waals surface area contributed by atoms with Crippen LogP contribution in [0, 0.1) is 11.7 Å². The van der Waals surface area contributed by atoms with E-state index in [9.17, 15) is 18.8 Å². The fourth-order valence-corrected chi connectivity index (χ4v) is 3.69. The molecule has 0 bridgehead atoms. The van der Waals surface area contributed by atoms with Crippen LogP contribution in [-0.2, 0) is 22.6 Å². The molecular formula is C26H32FN5O3. The molecule has 0 aliphatic carbocycles. The number of rotatable bonds is 10. The van der Waals surface area contributed by atoms with Gasteiger partial charge in [0.05, 0.1) is 24.0 Å². The number of fused-ring (bicyclic) bond motifs is 1. The number of hydrogen-bond acceptors (Lipinski definition) is 4. The van der Waals surface area contributed by atoms with Crippen molar-refractivity contribution in [3.63, 3.8) is 0 Å². The fourth-order valence-electron chi connectivity index (χ4n) is 3.69. The first kappa shape index (κ1) is 25.9. The van der Waals surface area contributed by atoms with Crippen molar-refractivity contribution in [3.05, 3.63) is 70.3 Å². The lowest BCUT2D eigenvalue weighted by molar-refractivity contribution is -0.123. The number of likely N-dealkylation sites (N-methyl/N-ethyl adjacent to an activating group) is 1. The molecule has 3 heterocycles. The molecule has 3 aromatic rings. The van der Waals surface area contributed by atoms with Gasteiger partial charge in [-0.05, 0) is 49.5 Å². The van der Waals surface area contributed by atoms with E-state index in [4.69, 9.17) is 0 Å². The molecule has 3 aromatic heterocycles. The second-order valence-electron chi connectivity index (χ2n) is 9.16. The smallest absolute Gasteiger partial charge is 0.274 e. The molecule has 0 saturated heterocycles. The van der Waals surface area contributed by atoms with Crippen molar-refractivity contribution < 1.29 is 14.0 Å². The van der Waals surface area contributed by atoms with Gasteiger partial charge in [-0.2, -0.15) is 0 Å². The largest absolute Gasteiger partial charge is 0.355 e. The third-order valence-corrected chi connectivity index (χ3v) is 5.47. The maximum Gasteiger partial charge on any atom is 0.274 e. The summed E-state index contributed by atoms with van der Waals surface area (Å²) in [4.78, 5) is 45.7. The first-order valence-corrected chi connectivity index (χ1v) is 11.7. The highest BCUT2D eigenvalue weighted by Crippen LogP contribution is 2.23. The number of anilines is 1. The SMILES string of the molecule is CC(C)Cc1ncc(F)c2cc(Cn3cccc(NC(=O)CCC/C=C/C(=O)N(C)C)c3=O)[nH]c12. The molecule has 2 amide bonds. The van der Waals surface area contributed by atoms with Gasteiger partial charge in [0.15, 0.2) is 5.82 Å². The molecule has 3 rings (SSSR count). The molecule has 0 saturated carbocycles. The maximum absolute atomic E-state index is 14.3. The van der Waals surface area contributed by atoms with Crippen LogP contribution < -0.4 is 10.9 Å². The minimum atomic E-state index is -0.413. The van der Waals surface area contributed by atoms with Gasteiger partial charge in [-0.15, -0.1) is 0 Å². The molecule has 0 atom stereocenters. The number of amides is 2. The van der Waals surface area contributed by atoms with E-state index in [1.54, 1.807) is 44.6 Å². The molecule has 0 radical (unpaired) electrons. The van der Waals surface area contributed by atoms with E-state index in [0.717, 1.165) is 5.69 Å². The Balaban J connectivity index is 1.67. The van der Waals surface area contributed by atoms with Gasteiger partial charge in [-0.3, -0.25) is 19.4 Å². The number of pyridine rings is 2. The summed E-state index contributed by atoms with van der Waals surface area (Å²) in [5, 5.41) is 3.12. The summed E-state index contributed by atoms with van der Waals surface area (Å²) in [6.45, 7) is 4.34. The van der Waals surface area contributed by atoms with Crippen molar-refractivity contribution in [3.8, 4) is 0 Å². The second kappa shape index (κ2) is 11.6. The number of nitrogens with zero attached hydrogens (tertiary/aromatic N) is 3. The van der Waals surface area contributed by atoms with Crippen LogP contribution >= 0.6 is 0 Å². The normalized spacial score (nSPS) is 11.5. The van der Waals surface area contributed by atoms with E-state index < -0.39 is 5.82 Å². The molecule has 9 heteroatoms. The number of allylic oxidation sites excluding steroid dienone is 1. The van der Waals surface area contributed by atoms with Gasteiger partial charge in [-0.25, -0.2) is 4.39 Å². The van der Waals surface area contributed by atoms with E-state index in [0.29, 0.717) is 41.8 Å². The van der Waals surface area contributed by atoms with Crippen LogP contribution in [0.4, 0.5) is 10.1 Å². The number of carbonyl (C=O) groups is 2. The topological polar surface area (TPSA) is 100 Å². The minimum absolute atomic E-state index is 0.107. The molecular weight excluding hydrogens is 449 g/mol. The van der Waals surface area contributed by atoms with Gasteiger partial charge in [0, 0.05) is 37.8 Å². The molecule has 0 aliphatic rings. The second-order valence-corrected chi connectivity index (χ2v) is 9.16. The number of H-pyrrole nitrogens is 1. The van der Waals surface area contributed by atoms with Crippen molar-refractivity contribution in [1.82, 2.24) is 19.4 Å². The predicted octanol–water partition coefficient (Wildman–Crippen LogP) is 3.86. The average molecular weight is 482 g/mol. The summed E-state index contributed by atoms with van der Waals surface area (Å²) in [5.74, 6) is -0.430. The van der Waals surface area contributed by atoms with E-state index in [1.165, 1.54) is 21.7 Å². The van der Waals surface area contributed by atoms with Crippen molar-refractivity contribution in [2.24, 2.45) is 5.92 Å². The van der Waals surface area contributed by atoms with Gasteiger partial charge >= 0.3 is 0 Å². The Bertz CT molecular complexity index is 1290. The molecule has 0 spiro atoms. The van der Waals surface area contributed by atoms with Crippen molar-refractivity contribution in [2.45, 2.75) is 46.1 Å². The molecule has 0 aromatic carbocycles. The van der Waals surface area contributed by atoms with E-state index in [-0.39, 0.29) is 36.0 Å². The van der Waals surface area contributed by atoms with E-state index >= 15 is 0 Å². The molecule has 2 N–H and O–H groups in total. The van der Waals surface area contributed by atoms with Crippen LogP contribution in [0.15, 0.2) is 47.5 Å². The average Bonchev–Trinajstić information content (AvgIpc) is 3.22. The summed E-state index contributed by atoms with van der Waals surface area (Å²) in [7, 11) is 3.34. The van der Waals surface area contributed by atoms with Crippen LogP contribution in [0.25, 0.3) is 10.9 Å². The molecule has 0 aliphatic heterocycles. The number of aromatic nitrogens is 3. The highest BCUT2D eigenvalue weighted by molar-refractivity contribution is 5.90. The quantitative estimate of drug-likeness (QED) is 0.339. The summed E-state index contributed by atoms with van der Waals surface area (Å²) >= 11 is 0. The molecule has 0 fully saturated rings. The summed E-state index contributed by atoms with van der Waals surface area (Å²) in [5.41, 5.74) is 1.93. The lowest BCUT2D eigenvalue weighted by Crippen LogP contribution is -2.25. The van der Waals surface area contributed by atoms with Crippen molar-refractivity contribution in [1.29, 1.82) is 0 Å². The standard InChI is InChI=1S/C26H32FN5O3/c1-17(2)13-22-25-19(20(27)15-28-22)14-18(29-25)16-32-12-8-9-21(26(32)35)30-23(33)10-6-5-7-11-24(34)31(3)4/h7-9,11-12,14-15,17,29H,5-6,10,13,16H2,1-4H3,(H,30,33)/b11-7+. The Morgan fingerprint density at radius 1 is 1.31 bits per heavy atom. The number of unbranched alkanes of at least 4 members (excludes halogenated alkanes) is 1. The van der Waals surface area contributed by atoms with Crippen LogP contribution in [0.2, 0.25) is 0 Å². The van der Waals surface area contributed by atoms with Crippen LogP contribution in [0.3, 0.4) is 0 Å². The Morgan fingerprint density at radius 2 is 2.09 bits per heavy atom. The first-order valence-electron chi connectivity index (χ1n) is 11.7. The highest BCUT2D eigenvalue weighted by atomic mass is 19.1. The van der Waals surface area contributed by atoms with Crippen molar-refractivity contribution in [2.75, 3.05) is 19.4 Å². The highest BCUT2D eigenvalue weighted by Gasteiger charge is 2.14. The third-order valence-electron chi connectivity index (χ3n) is 5.47.